The minimum absolute atomic E-state index is 0.689. The van der Waals surface area contributed by atoms with Gasteiger partial charge in [0.25, 0.3) is 0 Å². The molecule has 7 heteroatoms. The molecule has 0 aliphatic carbocycles. The largest absolute Gasteiger partial charge is 0.364 e. The molecule has 0 bridgehead atoms. The lowest BCUT2D eigenvalue weighted by Gasteiger charge is -2.10. The van der Waals surface area contributed by atoms with Gasteiger partial charge in [0, 0.05) is 37.8 Å². The van der Waals surface area contributed by atoms with E-state index in [9.17, 15) is 0 Å². The fourth-order valence-electron chi connectivity index (χ4n) is 3.03. The molecular weight excluding hydrogens is 302 g/mol. The molecule has 24 heavy (non-hydrogen) atoms. The van der Waals surface area contributed by atoms with Crippen molar-refractivity contribution < 1.29 is 0 Å². The van der Waals surface area contributed by atoms with Crippen LogP contribution in [0.2, 0.25) is 0 Å². The lowest BCUT2D eigenvalue weighted by Crippen LogP contribution is -2.09. The topological polar surface area (TPSA) is 73.5 Å². The third-order valence-corrected chi connectivity index (χ3v) is 4.51. The lowest BCUT2D eigenvalue weighted by atomic mass is 10.2. The first-order valence-electron chi connectivity index (χ1n) is 8.43. The van der Waals surface area contributed by atoms with E-state index in [1.807, 2.05) is 30.3 Å². The molecular formula is C17H25N7. The second-order valence-corrected chi connectivity index (χ2v) is 6.07. The maximum absolute atomic E-state index is 4.71. The lowest BCUT2D eigenvalue weighted by molar-refractivity contribution is 0.675. The summed E-state index contributed by atoms with van der Waals surface area (Å²) in [7, 11) is 1.97. The number of nitrogens with one attached hydrogen (secondary N) is 1. The van der Waals surface area contributed by atoms with Gasteiger partial charge in [-0.25, -0.2) is 9.97 Å². The first kappa shape index (κ1) is 16.4. The van der Waals surface area contributed by atoms with Crippen molar-refractivity contribution in [3.63, 3.8) is 0 Å². The summed E-state index contributed by atoms with van der Waals surface area (Å²) in [5, 5.41) is 12.6. The molecule has 0 saturated heterocycles. The molecule has 3 aromatic rings. The molecule has 0 aromatic carbocycles. The number of fused-ring (bicyclic) bond motifs is 1. The number of aryl methyl sites for hydroxylation is 5. The zero-order valence-electron chi connectivity index (χ0n) is 15.3. The monoisotopic (exact) mass is 327 g/mol. The van der Waals surface area contributed by atoms with E-state index in [0.717, 1.165) is 47.0 Å². The normalized spacial score (nSPS) is 11.4. The van der Waals surface area contributed by atoms with Crippen molar-refractivity contribution in [3.8, 4) is 0 Å². The fourth-order valence-corrected chi connectivity index (χ4v) is 3.03. The summed E-state index contributed by atoms with van der Waals surface area (Å²) >= 11 is 0. The van der Waals surface area contributed by atoms with E-state index in [2.05, 4.69) is 41.3 Å². The van der Waals surface area contributed by atoms with Gasteiger partial charge in [-0.05, 0) is 27.7 Å². The van der Waals surface area contributed by atoms with Crippen LogP contribution in [0.4, 0.5) is 5.82 Å². The third-order valence-electron chi connectivity index (χ3n) is 4.51. The number of hydrogen-bond acceptors (Lipinski definition) is 5. The highest BCUT2D eigenvalue weighted by Crippen LogP contribution is 2.24. The van der Waals surface area contributed by atoms with Gasteiger partial charge < -0.3 is 5.32 Å². The summed E-state index contributed by atoms with van der Waals surface area (Å²) in [4.78, 5) is 9.38. The van der Waals surface area contributed by atoms with Crippen molar-refractivity contribution in [2.45, 2.75) is 54.1 Å². The highest BCUT2D eigenvalue weighted by molar-refractivity contribution is 5.87. The van der Waals surface area contributed by atoms with Crippen LogP contribution >= 0.6 is 0 Å². The molecule has 7 nitrogen and oxygen atoms in total. The minimum Gasteiger partial charge on any atom is -0.364 e. The van der Waals surface area contributed by atoms with Crippen molar-refractivity contribution >= 4 is 16.9 Å². The van der Waals surface area contributed by atoms with E-state index in [1.54, 1.807) is 0 Å². The zero-order valence-corrected chi connectivity index (χ0v) is 15.3. The number of nitrogens with zero attached hydrogens (tertiary/aromatic N) is 6. The Kier molecular flexibility index (Phi) is 4.26. The molecule has 0 aliphatic rings. The van der Waals surface area contributed by atoms with Crippen molar-refractivity contribution in [1.29, 1.82) is 0 Å². The van der Waals surface area contributed by atoms with Gasteiger partial charge in [-0.2, -0.15) is 10.2 Å². The average Bonchev–Trinajstić information content (AvgIpc) is 3.02. The van der Waals surface area contributed by atoms with E-state index < -0.39 is 0 Å². The maximum Gasteiger partial charge on any atom is 0.156 e. The van der Waals surface area contributed by atoms with Gasteiger partial charge >= 0.3 is 0 Å². The fraction of sp³-hybridized carbons (Fsp3) is 0.529. The van der Waals surface area contributed by atoms with Crippen LogP contribution in [0, 0.1) is 20.8 Å². The molecule has 0 amide bonds. The molecule has 0 radical (unpaired) electrons. The quantitative estimate of drug-likeness (QED) is 0.780. The Morgan fingerprint density at radius 3 is 2.33 bits per heavy atom. The number of hydrogen-bond donors (Lipinski definition) is 1. The zero-order chi connectivity index (χ0) is 17.4. The molecule has 1 N–H and O–H groups in total. The Morgan fingerprint density at radius 2 is 1.75 bits per heavy atom. The standard InChI is InChI=1S/C17H25N7/c1-7-14-19-15-11(4)22-24(8-2)16(15)17(20-14)18-9-13-10(3)21-23(6)12(13)5/h7-9H2,1-6H3,(H,18,19,20). The van der Waals surface area contributed by atoms with Crippen LogP contribution in [-0.2, 0) is 26.6 Å². The predicted octanol–water partition coefficient (Wildman–Crippen LogP) is 2.68. The van der Waals surface area contributed by atoms with Crippen LogP contribution in [0.15, 0.2) is 0 Å². The molecule has 0 fully saturated rings. The van der Waals surface area contributed by atoms with E-state index in [-0.39, 0.29) is 0 Å². The van der Waals surface area contributed by atoms with Crippen LogP contribution in [0.25, 0.3) is 11.0 Å². The Morgan fingerprint density at radius 1 is 1.00 bits per heavy atom. The van der Waals surface area contributed by atoms with Crippen molar-refractivity contribution in [3.05, 3.63) is 28.5 Å². The van der Waals surface area contributed by atoms with Crippen molar-refractivity contribution in [1.82, 2.24) is 29.5 Å². The van der Waals surface area contributed by atoms with Crippen LogP contribution in [0.5, 0.6) is 0 Å². The van der Waals surface area contributed by atoms with E-state index in [0.29, 0.717) is 6.54 Å². The number of anilines is 1. The van der Waals surface area contributed by atoms with Gasteiger partial charge in [-0.3, -0.25) is 9.36 Å². The predicted molar refractivity (Wildman–Crippen MR) is 95.1 cm³/mol. The molecule has 0 atom stereocenters. The van der Waals surface area contributed by atoms with Crippen LogP contribution in [-0.4, -0.2) is 29.5 Å². The highest BCUT2D eigenvalue weighted by atomic mass is 15.3. The summed E-state index contributed by atoms with van der Waals surface area (Å²) in [6.07, 6.45) is 0.798. The van der Waals surface area contributed by atoms with Crippen LogP contribution in [0.1, 0.15) is 42.3 Å². The van der Waals surface area contributed by atoms with Gasteiger partial charge in [0.15, 0.2) is 5.82 Å². The number of rotatable bonds is 5. The highest BCUT2D eigenvalue weighted by Gasteiger charge is 2.16. The van der Waals surface area contributed by atoms with Crippen molar-refractivity contribution in [2.75, 3.05) is 5.32 Å². The molecule has 0 saturated carbocycles. The molecule has 3 aromatic heterocycles. The SMILES string of the molecule is CCc1nc(NCc2c(C)nn(C)c2C)c2c(n1)c(C)nn2CC. The average molecular weight is 327 g/mol. The van der Waals surface area contributed by atoms with Crippen molar-refractivity contribution in [2.24, 2.45) is 7.05 Å². The number of aromatic nitrogens is 6. The van der Waals surface area contributed by atoms with Crippen LogP contribution < -0.4 is 5.32 Å². The van der Waals surface area contributed by atoms with E-state index >= 15 is 0 Å². The van der Waals surface area contributed by atoms with Gasteiger partial charge in [0.2, 0.25) is 0 Å². The van der Waals surface area contributed by atoms with E-state index in [1.165, 1.54) is 11.3 Å². The second-order valence-electron chi connectivity index (χ2n) is 6.07. The first-order valence-corrected chi connectivity index (χ1v) is 8.43. The smallest absolute Gasteiger partial charge is 0.156 e. The molecule has 3 rings (SSSR count). The molecule has 0 spiro atoms. The summed E-state index contributed by atoms with van der Waals surface area (Å²) in [6.45, 7) is 11.8. The Balaban J connectivity index is 2.04. The Labute approximate surface area is 142 Å². The molecule has 0 unspecified atom stereocenters. The minimum atomic E-state index is 0.689. The first-order chi connectivity index (χ1) is 11.5. The summed E-state index contributed by atoms with van der Waals surface area (Å²) in [5.41, 5.74) is 6.28. The summed E-state index contributed by atoms with van der Waals surface area (Å²) in [6, 6.07) is 0. The van der Waals surface area contributed by atoms with Gasteiger partial charge in [-0.1, -0.05) is 6.92 Å². The Bertz CT molecular complexity index is 888. The van der Waals surface area contributed by atoms with Gasteiger partial charge in [0.05, 0.1) is 11.4 Å². The molecule has 3 heterocycles. The van der Waals surface area contributed by atoms with E-state index in [4.69, 9.17) is 4.98 Å². The summed E-state index contributed by atoms with van der Waals surface area (Å²) in [5.74, 6) is 1.69. The van der Waals surface area contributed by atoms with Gasteiger partial charge in [0.1, 0.15) is 16.9 Å². The maximum atomic E-state index is 4.71. The van der Waals surface area contributed by atoms with Gasteiger partial charge in [-0.15, -0.1) is 0 Å². The second kappa shape index (κ2) is 6.22. The Hall–Kier alpha value is -2.44. The molecule has 128 valence electrons. The molecule has 0 aliphatic heterocycles. The summed E-state index contributed by atoms with van der Waals surface area (Å²) < 4.78 is 3.88. The van der Waals surface area contributed by atoms with Crippen LogP contribution in [0.3, 0.4) is 0 Å². The third kappa shape index (κ3) is 2.64.